The maximum Gasteiger partial charge on any atom is 0.311 e. The summed E-state index contributed by atoms with van der Waals surface area (Å²) in [7, 11) is 0. The maximum absolute atomic E-state index is 11.2. The molecule has 1 aliphatic carbocycles. The molecule has 80 valence electrons. The first-order chi connectivity index (χ1) is 7.09. The summed E-state index contributed by atoms with van der Waals surface area (Å²) < 4.78 is 0. The molecule has 0 bridgehead atoms. The van der Waals surface area contributed by atoms with Gasteiger partial charge in [-0.3, -0.25) is 4.79 Å². The fourth-order valence-electron chi connectivity index (χ4n) is 1.90. The van der Waals surface area contributed by atoms with E-state index in [0.717, 1.165) is 24.0 Å². The van der Waals surface area contributed by atoms with Crippen LogP contribution >= 0.6 is 11.6 Å². The minimum atomic E-state index is -0.761. The van der Waals surface area contributed by atoms with Gasteiger partial charge in [-0.25, -0.2) is 0 Å². The van der Waals surface area contributed by atoms with Crippen LogP contribution in [0.3, 0.4) is 0 Å². The Bertz CT molecular complexity index is 397. The molecule has 1 aromatic rings. The largest absolute Gasteiger partial charge is 0.481 e. The van der Waals surface area contributed by atoms with Crippen LogP contribution in [0.4, 0.5) is 0 Å². The molecule has 0 aliphatic heterocycles. The smallest absolute Gasteiger partial charge is 0.311 e. The van der Waals surface area contributed by atoms with Gasteiger partial charge in [-0.1, -0.05) is 23.7 Å². The van der Waals surface area contributed by atoms with Gasteiger partial charge in [0.15, 0.2) is 0 Å². The Morgan fingerprint density at radius 1 is 1.53 bits per heavy atom. The highest BCUT2D eigenvalue weighted by atomic mass is 35.5. The van der Waals surface area contributed by atoms with Gasteiger partial charge in [0.2, 0.25) is 0 Å². The zero-order valence-electron chi connectivity index (χ0n) is 8.53. The summed E-state index contributed by atoms with van der Waals surface area (Å²) >= 11 is 6.08. The van der Waals surface area contributed by atoms with Crippen molar-refractivity contribution in [2.45, 2.75) is 25.7 Å². The molecule has 0 spiro atoms. The molecule has 2 rings (SSSR count). The molecule has 15 heavy (non-hydrogen) atoms. The molecule has 1 atom stereocenters. The molecule has 1 aliphatic rings. The van der Waals surface area contributed by atoms with Gasteiger partial charge in [-0.05, 0) is 42.9 Å². The van der Waals surface area contributed by atoms with E-state index in [1.807, 2.05) is 25.1 Å². The van der Waals surface area contributed by atoms with Gasteiger partial charge in [0.25, 0.3) is 0 Å². The Balaban J connectivity index is 2.37. The molecule has 1 saturated carbocycles. The minimum absolute atomic E-state index is 0.280. The summed E-state index contributed by atoms with van der Waals surface area (Å²) in [4.78, 5) is 11.2. The van der Waals surface area contributed by atoms with E-state index in [2.05, 4.69) is 0 Å². The lowest BCUT2D eigenvalue weighted by Crippen LogP contribution is -2.14. The molecule has 0 amide bonds. The van der Waals surface area contributed by atoms with Gasteiger partial charge in [0.1, 0.15) is 0 Å². The van der Waals surface area contributed by atoms with Crippen LogP contribution in [0.25, 0.3) is 0 Å². The van der Waals surface area contributed by atoms with Crippen molar-refractivity contribution in [3.8, 4) is 0 Å². The zero-order chi connectivity index (χ0) is 11.0. The predicted octanol–water partition coefficient (Wildman–Crippen LogP) is 3.23. The summed E-state index contributed by atoms with van der Waals surface area (Å²) in [6, 6.07) is 5.59. The van der Waals surface area contributed by atoms with Gasteiger partial charge >= 0.3 is 5.97 Å². The lowest BCUT2D eigenvalue weighted by Gasteiger charge is -2.13. The predicted molar refractivity (Wildman–Crippen MR) is 59.3 cm³/mol. The number of benzene rings is 1. The van der Waals surface area contributed by atoms with Gasteiger partial charge in [-0.2, -0.15) is 0 Å². The van der Waals surface area contributed by atoms with E-state index in [0.29, 0.717) is 5.02 Å². The standard InChI is InChI=1S/C12H13ClO2/c1-7-2-5-9(10(13)6-7)11(12(14)15)8-3-4-8/h2,5-6,8,11H,3-4H2,1H3,(H,14,15). The second-order valence-electron chi connectivity index (χ2n) is 4.18. The molecule has 0 saturated heterocycles. The summed E-state index contributed by atoms with van der Waals surface area (Å²) in [6.07, 6.45) is 2.00. The lowest BCUT2D eigenvalue weighted by atomic mass is 9.93. The van der Waals surface area contributed by atoms with Gasteiger partial charge in [0, 0.05) is 5.02 Å². The fourth-order valence-corrected chi connectivity index (χ4v) is 2.26. The second kappa shape index (κ2) is 3.86. The molecular formula is C12H13ClO2. The normalized spacial score (nSPS) is 17.5. The number of aryl methyl sites for hydroxylation is 1. The van der Waals surface area contributed by atoms with Crippen LogP contribution in [0, 0.1) is 12.8 Å². The quantitative estimate of drug-likeness (QED) is 0.856. The summed E-state index contributed by atoms with van der Waals surface area (Å²) in [6.45, 7) is 1.95. The monoisotopic (exact) mass is 224 g/mol. The molecule has 1 aromatic carbocycles. The van der Waals surface area contributed by atoms with E-state index >= 15 is 0 Å². The molecule has 0 aromatic heterocycles. The number of carboxylic acid groups (broad SMARTS) is 1. The van der Waals surface area contributed by atoms with Crippen molar-refractivity contribution in [2.75, 3.05) is 0 Å². The highest BCUT2D eigenvalue weighted by molar-refractivity contribution is 6.31. The van der Waals surface area contributed by atoms with E-state index in [1.165, 1.54) is 0 Å². The minimum Gasteiger partial charge on any atom is -0.481 e. The molecule has 1 N–H and O–H groups in total. The zero-order valence-corrected chi connectivity index (χ0v) is 9.29. The van der Waals surface area contributed by atoms with Crippen molar-refractivity contribution in [1.29, 1.82) is 0 Å². The van der Waals surface area contributed by atoms with E-state index in [-0.39, 0.29) is 5.92 Å². The highest BCUT2D eigenvalue weighted by Crippen LogP contribution is 2.44. The average molecular weight is 225 g/mol. The molecule has 0 radical (unpaired) electrons. The number of halogens is 1. The number of aliphatic carboxylic acids is 1. The number of rotatable bonds is 3. The van der Waals surface area contributed by atoms with Crippen LogP contribution in [-0.2, 0) is 4.79 Å². The second-order valence-corrected chi connectivity index (χ2v) is 4.59. The first-order valence-electron chi connectivity index (χ1n) is 5.08. The van der Waals surface area contributed by atoms with Crippen molar-refractivity contribution in [2.24, 2.45) is 5.92 Å². The van der Waals surface area contributed by atoms with Crippen molar-refractivity contribution >= 4 is 17.6 Å². The van der Waals surface area contributed by atoms with Gasteiger partial charge in [-0.15, -0.1) is 0 Å². The number of hydrogen-bond donors (Lipinski definition) is 1. The third-order valence-corrected chi connectivity index (χ3v) is 3.18. The van der Waals surface area contributed by atoms with E-state index < -0.39 is 11.9 Å². The average Bonchev–Trinajstić information content (AvgIpc) is 2.92. The Kier molecular flexibility index (Phi) is 2.70. The van der Waals surface area contributed by atoms with Crippen LogP contribution in [0.5, 0.6) is 0 Å². The molecule has 0 heterocycles. The third-order valence-electron chi connectivity index (χ3n) is 2.85. The fraction of sp³-hybridized carbons (Fsp3) is 0.417. The van der Waals surface area contributed by atoms with Gasteiger partial charge < -0.3 is 5.11 Å². The van der Waals surface area contributed by atoms with E-state index in [9.17, 15) is 9.90 Å². The number of carbonyl (C=O) groups is 1. The molecule has 1 unspecified atom stereocenters. The van der Waals surface area contributed by atoms with Crippen LogP contribution in [0.15, 0.2) is 18.2 Å². The highest BCUT2D eigenvalue weighted by Gasteiger charge is 2.38. The summed E-state index contributed by atoms with van der Waals surface area (Å²) in [5, 5.41) is 9.75. The maximum atomic E-state index is 11.2. The molecule has 2 nitrogen and oxygen atoms in total. The Morgan fingerprint density at radius 2 is 2.20 bits per heavy atom. The summed E-state index contributed by atoms with van der Waals surface area (Å²) in [5.41, 5.74) is 1.82. The van der Waals surface area contributed by atoms with Gasteiger partial charge in [0.05, 0.1) is 5.92 Å². The topological polar surface area (TPSA) is 37.3 Å². The van der Waals surface area contributed by atoms with Crippen molar-refractivity contribution in [1.82, 2.24) is 0 Å². The lowest BCUT2D eigenvalue weighted by molar-refractivity contribution is -0.139. The molecular weight excluding hydrogens is 212 g/mol. The van der Waals surface area contributed by atoms with Crippen LogP contribution in [0.2, 0.25) is 5.02 Å². The number of carboxylic acids is 1. The first kappa shape index (κ1) is 10.5. The Hall–Kier alpha value is -1.02. The molecule has 1 fully saturated rings. The van der Waals surface area contributed by atoms with E-state index in [1.54, 1.807) is 0 Å². The Morgan fingerprint density at radius 3 is 2.67 bits per heavy atom. The van der Waals surface area contributed by atoms with Crippen LogP contribution in [-0.4, -0.2) is 11.1 Å². The van der Waals surface area contributed by atoms with Crippen LogP contribution < -0.4 is 0 Å². The van der Waals surface area contributed by atoms with E-state index in [4.69, 9.17) is 11.6 Å². The van der Waals surface area contributed by atoms with Crippen molar-refractivity contribution in [3.63, 3.8) is 0 Å². The molecule has 3 heteroatoms. The van der Waals surface area contributed by atoms with Crippen molar-refractivity contribution < 1.29 is 9.90 Å². The SMILES string of the molecule is Cc1ccc(C(C(=O)O)C2CC2)c(Cl)c1. The number of hydrogen-bond acceptors (Lipinski definition) is 1. The van der Waals surface area contributed by atoms with Crippen LogP contribution in [0.1, 0.15) is 29.9 Å². The first-order valence-corrected chi connectivity index (χ1v) is 5.46. The third kappa shape index (κ3) is 2.15. The Labute approximate surface area is 93.9 Å². The summed E-state index contributed by atoms with van der Waals surface area (Å²) in [5.74, 6) is -0.899. The van der Waals surface area contributed by atoms with Crippen molar-refractivity contribution in [3.05, 3.63) is 34.3 Å².